The topological polar surface area (TPSA) is 62.5 Å². The van der Waals surface area contributed by atoms with Crippen molar-refractivity contribution in [2.75, 3.05) is 5.32 Å². The van der Waals surface area contributed by atoms with E-state index in [1.807, 2.05) is 31.2 Å². The zero-order valence-corrected chi connectivity index (χ0v) is 14.5. The number of phenolic OH excluding ortho intramolecular Hbond substituents is 1. The summed E-state index contributed by atoms with van der Waals surface area (Å²) in [6, 6.07) is 19.3. The Labute approximate surface area is 150 Å². The second-order valence-corrected chi connectivity index (χ2v) is 6.34. The molecule has 4 rings (SSSR count). The van der Waals surface area contributed by atoms with Gasteiger partial charge in [-0.05, 0) is 46.5 Å². The number of anilines is 1. The van der Waals surface area contributed by atoms with E-state index in [4.69, 9.17) is 4.42 Å². The lowest BCUT2D eigenvalue weighted by Crippen LogP contribution is -2.06. The van der Waals surface area contributed by atoms with Crippen molar-refractivity contribution in [1.82, 2.24) is 0 Å². The lowest BCUT2D eigenvalue weighted by Gasteiger charge is -2.11. The third-order valence-corrected chi connectivity index (χ3v) is 4.64. The largest absolute Gasteiger partial charge is 0.508 e. The van der Waals surface area contributed by atoms with Crippen LogP contribution in [-0.4, -0.2) is 5.11 Å². The van der Waals surface area contributed by atoms with Crippen molar-refractivity contribution in [2.24, 2.45) is 0 Å². The third-order valence-electron chi connectivity index (χ3n) is 4.64. The molecule has 2 N–H and O–H groups in total. The van der Waals surface area contributed by atoms with Crippen molar-refractivity contribution in [3.8, 4) is 5.75 Å². The second kappa shape index (κ2) is 6.56. The van der Waals surface area contributed by atoms with E-state index in [1.165, 1.54) is 17.5 Å². The molecule has 0 radical (unpaired) electrons. The Bertz CT molecular complexity index is 1160. The van der Waals surface area contributed by atoms with Crippen LogP contribution in [0.25, 0.3) is 21.7 Å². The number of hydrogen-bond acceptors (Lipinski definition) is 4. The van der Waals surface area contributed by atoms with E-state index in [-0.39, 0.29) is 5.75 Å². The molecule has 1 aromatic heterocycles. The van der Waals surface area contributed by atoms with Crippen molar-refractivity contribution in [3.05, 3.63) is 82.2 Å². The van der Waals surface area contributed by atoms with Gasteiger partial charge in [-0.1, -0.05) is 37.3 Å². The first kappa shape index (κ1) is 16.2. The number of aromatic hydroxyl groups is 1. The zero-order valence-electron chi connectivity index (χ0n) is 14.5. The molecule has 0 unspecified atom stereocenters. The summed E-state index contributed by atoms with van der Waals surface area (Å²) in [5.74, 6) is 0.155. The number of nitrogens with one attached hydrogen (secondary N) is 1. The molecular weight excluding hydrogens is 326 g/mol. The zero-order chi connectivity index (χ0) is 18.1. The number of phenols is 1. The molecule has 4 heteroatoms. The van der Waals surface area contributed by atoms with E-state index < -0.39 is 5.63 Å². The Balaban J connectivity index is 1.70. The van der Waals surface area contributed by atoms with Gasteiger partial charge in [-0.2, -0.15) is 0 Å². The van der Waals surface area contributed by atoms with E-state index in [9.17, 15) is 9.90 Å². The van der Waals surface area contributed by atoms with Crippen LogP contribution in [0.1, 0.15) is 18.1 Å². The van der Waals surface area contributed by atoms with Gasteiger partial charge in [0.25, 0.3) is 0 Å². The monoisotopic (exact) mass is 345 g/mol. The molecule has 0 aliphatic rings. The summed E-state index contributed by atoms with van der Waals surface area (Å²) < 4.78 is 5.25. The Morgan fingerprint density at radius 3 is 2.58 bits per heavy atom. The highest BCUT2D eigenvalue weighted by Crippen LogP contribution is 2.27. The number of hydrogen-bond donors (Lipinski definition) is 2. The van der Waals surface area contributed by atoms with E-state index in [0.29, 0.717) is 18.5 Å². The first-order valence-corrected chi connectivity index (χ1v) is 8.65. The lowest BCUT2D eigenvalue weighted by atomic mass is 10.0. The predicted molar refractivity (Wildman–Crippen MR) is 105 cm³/mol. The molecule has 0 saturated carbocycles. The highest BCUT2D eigenvalue weighted by molar-refractivity contribution is 5.86. The molecule has 0 aliphatic heterocycles. The van der Waals surface area contributed by atoms with Gasteiger partial charge >= 0.3 is 5.63 Å². The number of aryl methyl sites for hydroxylation is 1. The molecule has 1 heterocycles. The van der Waals surface area contributed by atoms with E-state index >= 15 is 0 Å². The van der Waals surface area contributed by atoms with E-state index in [2.05, 4.69) is 29.6 Å². The van der Waals surface area contributed by atoms with Crippen molar-refractivity contribution in [1.29, 1.82) is 0 Å². The fourth-order valence-corrected chi connectivity index (χ4v) is 3.23. The van der Waals surface area contributed by atoms with Gasteiger partial charge in [-0.3, -0.25) is 0 Å². The molecule has 0 atom stereocenters. The average Bonchev–Trinajstić information content (AvgIpc) is 2.65. The van der Waals surface area contributed by atoms with E-state index in [0.717, 1.165) is 27.6 Å². The Morgan fingerprint density at radius 1 is 0.962 bits per heavy atom. The van der Waals surface area contributed by atoms with Gasteiger partial charge in [0, 0.05) is 29.8 Å². The minimum Gasteiger partial charge on any atom is -0.508 e. The van der Waals surface area contributed by atoms with Crippen LogP contribution in [0, 0.1) is 0 Å². The normalized spacial score (nSPS) is 11.1. The predicted octanol–water partition coefficient (Wildman–Crippen LogP) is 4.83. The van der Waals surface area contributed by atoms with Gasteiger partial charge in [0.2, 0.25) is 0 Å². The highest BCUT2D eigenvalue weighted by atomic mass is 16.4. The van der Waals surface area contributed by atoms with Crippen LogP contribution >= 0.6 is 0 Å². The number of rotatable bonds is 4. The first-order chi connectivity index (χ1) is 12.6. The van der Waals surface area contributed by atoms with Gasteiger partial charge in [-0.25, -0.2) is 4.79 Å². The fraction of sp³-hybridized carbons (Fsp3) is 0.136. The van der Waals surface area contributed by atoms with Gasteiger partial charge in [-0.15, -0.1) is 0 Å². The summed E-state index contributed by atoms with van der Waals surface area (Å²) in [4.78, 5) is 11.9. The van der Waals surface area contributed by atoms with Crippen LogP contribution in [0.3, 0.4) is 0 Å². The molecule has 3 aromatic carbocycles. The van der Waals surface area contributed by atoms with Crippen molar-refractivity contribution in [3.63, 3.8) is 0 Å². The summed E-state index contributed by atoms with van der Waals surface area (Å²) in [7, 11) is 0. The summed E-state index contributed by atoms with van der Waals surface area (Å²) in [5.41, 5.74) is 2.65. The molecule has 0 saturated heterocycles. The molecule has 4 nitrogen and oxygen atoms in total. The second-order valence-electron chi connectivity index (χ2n) is 6.34. The van der Waals surface area contributed by atoms with Crippen LogP contribution in [0.5, 0.6) is 5.75 Å². The van der Waals surface area contributed by atoms with Crippen molar-refractivity contribution < 1.29 is 9.52 Å². The fourth-order valence-electron chi connectivity index (χ4n) is 3.23. The standard InChI is InChI=1S/C22H19NO3/c1-2-14-10-19-17(11-22(25)26-21(19)12-20(14)24)13-23-18-8-7-15-5-3-4-6-16(15)9-18/h3-12,23-24H,2,13H2,1H3. The maximum absolute atomic E-state index is 11.9. The van der Waals surface area contributed by atoms with Crippen LogP contribution in [0.4, 0.5) is 5.69 Å². The Kier molecular flexibility index (Phi) is 4.09. The Morgan fingerprint density at radius 2 is 1.77 bits per heavy atom. The van der Waals surface area contributed by atoms with Crippen molar-refractivity contribution >= 4 is 27.4 Å². The minimum atomic E-state index is -0.420. The molecule has 0 fully saturated rings. The smallest absolute Gasteiger partial charge is 0.336 e. The molecule has 26 heavy (non-hydrogen) atoms. The van der Waals surface area contributed by atoms with Gasteiger partial charge in [0.05, 0.1) is 0 Å². The van der Waals surface area contributed by atoms with Gasteiger partial charge in [0.1, 0.15) is 11.3 Å². The molecule has 0 aliphatic carbocycles. The summed E-state index contributed by atoms with van der Waals surface area (Å²) >= 11 is 0. The average molecular weight is 345 g/mol. The number of benzene rings is 3. The minimum absolute atomic E-state index is 0.155. The van der Waals surface area contributed by atoms with Crippen LogP contribution < -0.4 is 10.9 Å². The summed E-state index contributed by atoms with van der Waals surface area (Å²) in [5, 5.41) is 16.6. The SMILES string of the molecule is CCc1cc2c(CNc3ccc4ccccc4c3)cc(=O)oc2cc1O. The molecule has 0 amide bonds. The molecule has 130 valence electrons. The van der Waals surface area contributed by atoms with Crippen LogP contribution in [0.2, 0.25) is 0 Å². The molecule has 4 aromatic rings. The van der Waals surface area contributed by atoms with Gasteiger partial charge in [0.15, 0.2) is 0 Å². The highest BCUT2D eigenvalue weighted by Gasteiger charge is 2.10. The van der Waals surface area contributed by atoms with Crippen molar-refractivity contribution in [2.45, 2.75) is 19.9 Å². The maximum Gasteiger partial charge on any atom is 0.336 e. The Hall–Kier alpha value is -3.27. The third kappa shape index (κ3) is 3.02. The maximum atomic E-state index is 11.9. The quantitative estimate of drug-likeness (QED) is 0.520. The first-order valence-electron chi connectivity index (χ1n) is 8.65. The molecular formula is C22H19NO3. The number of fused-ring (bicyclic) bond motifs is 2. The van der Waals surface area contributed by atoms with Crippen LogP contribution in [0.15, 0.2) is 69.9 Å². The molecule has 0 spiro atoms. The molecule has 0 bridgehead atoms. The van der Waals surface area contributed by atoms with Gasteiger partial charge < -0.3 is 14.8 Å². The summed E-state index contributed by atoms with van der Waals surface area (Å²) in [6.07, 6.45) is 0.707. The van der Waals surface area contributed by atoms with Crippen LogP contribution in [-0.2, 0) is 13.0 Å². The van der Waals surface area contributed by atoms with E-state index in [1.54, 1.807) is 0 Å². The lowest BCUT2D eigenvalue weighted by molar-refractivity contribution is 0.466. The summed E-state index contributed by atoms with van der Waals surface area (Å²) in [6.45, 7) is 2.47.